The molecule has 0 bridgehead atoms. The lowest BCUT2D eigenvalue weighted by atomic mass is 9.93. The van der Waals surface area contributed by atoms with Gasteiger partial charge in [-0.25, -0.2) is 0 Å². The van der Waals surface area contributed by atoms with E-state index in [1.54, 1.807) is 0 Å². The lowest BCUT2D eigenvalue weighted by molar-refractivity contribution is -0.144. The van der Waals surface area contributed by atoms with Gasteiger partial charge in [0.15, 0.2) is 0 Å². The number of rotatable bonds is 4. The van der Waals surface area contributed by atoms with Crippen molar-refractivity contribution in [3.8, 4) is 0 Å². The van der Waals surface area contributed by atoms with Crippen LogP contribution < -0.4 is 0 Å². The molecule has 4 heteroatoms. The van der Waals surface area contributed by atoms with E-state index in [1.165, 1.54) is 19.3 Å². The third kappa shape index (κ3) is 3.19. The first-order chi connectivity index (χ1) is 8.33. The second-order valence-corrected chi connectivity index (χ2v) is 5.05. The second kappa shape index (κ2) is 6.36. The van der Waals surface area contributed by atoms with Crippen LogP contribution in [0.5, 0.6) is 0 Å². The minimum atomic E-state index is -0.247. The highest BCUT2D eigenvalue weighted by atomic mass is 16.5. The molecule has 1 atom stereocenters. The Kier molecular flexibility index (Phi) is 4.80. The van der Waals surface area contributed by atoms with Crippen molar-refractivity contribution in [1.29, 1.82) is 0 Å². The van der Waals surface area contributed by atoms with Crippen LogP contribution in [0.2, 0.25) is 0 Å². The number of hydrogen-bond acceptors (Lipinski definition) is 3. The Labute approximate surface area is 103 Å². The molecule has 0 unspecified atom stereocenters. The monoisotopic (exact) mass is 241 g/mol. The van der Waals surface area contributed by atoms with Gasteiger partial charge in [0.1, 0.15) is 6.10 Å². The topological polar surface area (TPSA) is 49.8 Å². The molecule has 1 saturated carbocycles. The SMILES string of the molecule is O=C([C@H]1CCCO1)N(CCO)C1CCCCC1. The van der Waals surface area contributed by atoms with Gasteiger partial charge in [0.2, 0.25) is 0 Å². The van der Waals surface area contributed by atoms with E-state index in [1.807, 2.05) is 4.90 Å². The van der Waals surface area contributed by atoms with Crippen molar-refractivity contribution in [3.05, 3.63) is 0 Å². The molecule has 1 heterocycles. The molecule has 0 radical (unpaired) electrons. The zero-order chi connectivity index (χ0) is 12.1. The van der Waals surface area contributed by atoms with Crippen LogP contribution in [0.4, 0.5) is 0 Å². The summed E-state index contributed by atoms with van der Waals surface area (Å²) in [6.07, 6.45) is 7.41. The van der Waals surface area contributed by atoms with Crippen LogP contribution in [0, 0.1) is 0 Å². The maximum atomic E-state index is 12.3. The summed E-state index contributed by atoms with van der Waals surface area (Å²) in [6, 6.07) is 0.326. The van der Waals surface area contributed by atoms with Gasteiger partial charge in [-0.2, -0.15) is 0 Å². The van der Waals surface area contributed by atoms with Gasteiger partial charge in [-0.15, -0.1) is 0 Å². The summed E-state index contributed by atoms with van der Waals surface area (Å²) >= 11 is 0. The van der Waals surface area contributed by atoms with E-state index >= 15 is 0 Å². The predicted octanol–water partition coefficient (Wildman–Crippen LogP) is 1.32. The molecule has 1 N–H and O–H groups in total. The van der Waals surface area contributed by atoms with E-state index in [2.05, 4.69) is 0 Å². The van der Waals surface area contributed by atoms with Crippen molar-refractivity contribution in [2.75, 3.05) is 19.8 Å². The average Bonchev–Trinajstić information content (AvgIpc) is 2.90. The van der Waals surface area contributed by atoms with Crippen molar-refractivity contribution in [3.63, 3.8) is 0 Å². The first kappa shape index (κ1) is 12.8. The van der Waals surface area contributed by atoms with E-state index < -0.39 is 0 Å². The zero-order valence-corrected chi connectivity index (χ0v) is 10.4. The van der Waals surface area contributed by atoms with Crippen LogP contribution in [0.15, 0.2) is 0 Å². The highest BCUT2D eigenvalue weighted by Crippen LogP contribution is 2.25. The van der Waals surface area contributed by atoms with Crippen molar-refractivity contribution in [2.45, 2.75) is 57.1 Å². The average molecular weight is 241 g/mol. The van der Waals surface area contributed by atoms with Crippen LogP contribution in [-0.2, 0) is 9.53 Å². The third-order valence-corrected chi connectivity index (χ3v) is 3.84. The first-order valence-corrected chi connectivity index (χ1v) is 6.86. The summed E-state index contributed by atoms with van der Waals surface area (Å²) in [7, 11) is 0. The third-order valence-electron chi connectivity index (χ3n) is 3.84. The molecule has 0 aromatic rings. The number of carbonyl (C=O) groups is 1. The van der Waals surface area contributed by atoms with Crippen LogP contribution in [0.1, 0.15) is 44.9 Å². The van der Waals surface area contributed by atoms with Gasteiger partial charge in [-0.1, -0.05) is 19.3 Å². The van der Waals surface area contributed by atoms with E-state index in [9.17, 15) is 4.79 Å². The van der Waals surface area contributed by atoms with Gasteiger partial charge in [0.25, 0.3) is 5.91 Å². The molecule has 1 saturated heterocycles. The number of ether oxygens (including phenoxy) is 1. The molecule has 0 aromatic heterocycles. The molecular weight excluding hydrogens is 218 g/mol. The molecule has 17 heavy (non-hydrogen) atoms. The standard InChI is InChI=1S/C13H23NO3/c15-9-8-14(11-5-2-1-3-6-11)13(16)12-7-4-10-17-12/h11-12,15H,1-10H2/t12-/m1/s1. The maximum Gasteiger partial charge on any atom is 0.252 e. The van der Waals surface area contributed by atoms with Gasteiger partial charge in [-0.05, 0) is 25.7 Å². The normalized spacial score (nSPS) is 26.1. The number of aliphatic hydroxyl groups is 1. The van der Waals surface area contributed by atoms with Crippen molar-refractivity contribution in [1.82, 2.24) is 4.90 Å². The van der Waals surface area contributed by atoms with Crippen LogP contribution in [0.25, 0.3) is 0 Å². The lowest BCUT2D eigenvalue weighted by Gasteiger charge is -2.35. The molecular formula is C13H23NO3. The maximum absolute atomic E-state index is 12.3. The van der Waals surface area contributed by atoms with Gasteiger partial charge in [0, 0.05) is 19.2 Å². The van der Waals surface area contributed by atoms with Gasteiger partial charge < -0.3 is 14.7 Å². The van der Waals surface area contributed by atoms with Crippen LogP contribution in [-0.4, -0.2) is 47.8 Å². The minimum Gasteiger partial charge on any atom is -0.395 e. The summed E-state index contributed by atoms with van der Waals surface area (Å²) in [5, 5.41) is 9.12. The number of nitrogens with zero attached hydrogens (tertiary/aromatic N) is 1. The van der Waals surface area contributed by atoms with Crippen molar-refractivity contribution >= 4 is 5.91 Å². The van der Waals surface area contributed by atoms with Gasteiger partial charge in [0.05, 0.1) is 6.61 Å². The largest absolute Gasteiger partial charge is 0.395 e. The molecule has 1 aliphatic heterocycles. The Morgan fingerprint density at radius 2 is 1.94 bits per heavy atom. The highest BCUT2D eigenvalue weighted by Gasteiger charge is 2.32. The fourth-order valence-electron chi connectivity index (χ4n) is 2.93. The summed E-state index contributed by atoms with van der Waals surface area (Å²) < 4.78 is 5.46. The van der Waals surface area contributed by atoms with E-state index in [4.69, 9.17) is 9.84 Å². The molecule has 98 valence electrons. The number of aliphatic hydroxyl groups excluding tert-OH is 1. The molecule has 2 rings (SSSR count). The Bertz CT molecular complexity index is 245. The summed E-state index contributed by atoms with van der Waals surface area (Å²) in [5.41, 5.74) is 0. The van der Waals surface area contributed by atoms with E-state index in [-0.39, 0.29) is 18.6 Å². The molecule has 1 amide bonds. The number of hydrogen-bond donors (Lipinski definition) is 1. The smallest absolute Gasteiger partial charge is 0.252 e. The van der Waals surface area contributed by atoms with Crippen molar-refractivity contribution in [2.24, 2.45) is 0 Å². The fourth-order valence-corrected chi connectivity index (χ4v) is 2.93. The van der Waals surface area contributed by atoms with Crippen LogP contribution >= 0.6 is 0 Å². The Morgan fingerprint density at radius 3 is 2.53 bits per heavy atom. The Balaban J connectivity index is 1.96. The lowest BCUT2D eigenvalue weighted by Crippen LogP contribution is -2.47. The minimum absolute atomic E-state index is 0.0506. The summed E-state index contributed by atoms with van der Waals surface area (Å²) in [6.45, 7) is 1.21. The predicted molar refractivity (Wildman–Crippen MR) is 64.6 cm³/mol. The molecule has 2 aliphatic rings. The summed E-state index contributed by atoms with van der Waals surface area (Å²) in [5.74, 6) is 0.100. The van der Waals surface area contributed by atoms with Crippen LogP contribution in [0.3, 0.4) is 0 Å². The highest BCUT2D eigenvalue weighted by molar-refractivity contribution is 5.81. The molecule has 2 fully saturated rings. The molecule has 1 aliphatic carbocycles. The van der Waals surface area contributed by atoms with E-state index in [0.717, 1.165) is 25.7 Å². The van der Waals surface area contributed by atoms with Gasteiger partial charge >= 0.3 is 0 Å². The first-order valence-electron chi connectivity index (χ1n) is 6.86. The van der Waals surface area contributed by atoms with Gasteiger partial charge in [-0.3, -0.25) is 4.79 Å². The fraction of sp³-hybridized carbons (Fsp3) is 0.923. The molecule has 0 spiro atoms. The number of carbonyl (C=O) groups excluding carboxylic acids is 1. The molecule has 4 nitrogen and oxygen atoms in total. The quantitative estimate of drug-likeness (QED) is 0.807. The number of amides is 1. The summed E-state index contributed by atoms with van der Waals surface area (Å²) in [4.78, 5) is 14.2. The Morgan fingerprint density at radius 1 is 1.18 bits per heavy atom. The zero-order valence-electron chi connectivity index (χ0n) is 10.4. The second-order valence-electron chi connectivity index (χ2n) is 5.05. The Hall–Kier alpha value is -0.610. The molecule has 0 aromatic carbocycles. The van der Waals surface area contributed by atoms with Crippen molar-refractivity contribution < 1.29 is 14.6 Å². The van der Waals surface area contributed by atoms with E-state index in [0.29, 0.717) is 19.2 Å².